The van der Waals surface area contributed by atoms with Crippen molar-refractivity contribution in [2.45, 2.75) is 32.5 Å². The Morgan fingerprint density at radius 2 is 2.29 bits per heavy atom. The molecule has 0 unspecified atom stereocenters. The molecule has 0 bridgehead atoms. The second-order valence-electron chi connectivity index (χ2n) is 5.29. The third-order valence-corrected chi connectivity index (χ3v) is 3.87. The van der Waals surface area contributed by atoms with E-state index >= 15 is 0 Å². The molecule has 1 aromatic heterocycles. The largest absolute Gasteiger partial charge is 0.377 e. The van der Waals surface area contributed by atoms with E-state index in [-0.39, 0.29) is 11.9 Å². The number of benzene rings is 1. The first kappa shape index (κ1) is 14.2. The quantitative estimate of drug-likeness (QED) is 0.866. The lowest BCUT2D eigenvalue weighted by Crippen LogP contribution is -2.33. The van der Waals surface area contributed by atoms with Crippen molar-refractivity contribution in [2.75, 3.05) is 13.7 Å². The van der Waals surface area contributed by atoms with Gasteiger partial charge in [0.05, 0.1) is 6.04 Å². The van der Waals surface area contributed by atoms with Gasteiger partial charge in [0.2, 0.25) is 5.89 Å². The summed E-state index contributed by atoms with van der Waals surface area (Å²) in [5, 5.41) is 3.89. The summed E-state index contributed by atoms with van der Waals surface area (Å²) in [6.45, 7) is 4.00. The smallest absolute Gasteiger partial charge is 0.243 e. The first-order valence-corrected chi connectivity index (χ1v) is 7.00. The zero-order valence-corrected chi connectivity index (χ0v) is 12.2. The Kier molecular flexibility index (Phi) is 3.98. The summed E-state index contributed by atoms with van der Waals surface area (Å²) in [5.74, 6) is 0.975. The van der Waals surface area contributed by atoms with Crippen LogP contribution in [0, 0.1) is 5.82 Å². The van der Waals surface area contributed by atoms with Crippen LogP contribution in [0.3, 0.4) is 0 Å². The lowest BCUT2D eigenvalue weighted by Gasteiger charge is -2.31. The Balaban J connectivity index is 1.73. The molecule has 1 aromatic carbocycles. The summed E-state index contributed by atoms with van der Waals surface area (Å²) < 4.78 is 23.5. The Morgan fingerprint density at radius 1 is 1.43 bits per heavy atom. The van der Waals surface area contributed by atoms with Crippen LogP contribution < -0.4 is 0 Å². The van der Waals surface area contributed by atoms with E-state index in [0.29, 0.717) is 18.3 Å². The number of halogens is 1. The highest BCUT2D eigenvalue weighted by Crippen LogP contribution is 2.27. The van der Waals surface area contributed by atoms with E-state index in [1.54, 1.807) is 13.2 Å². The summed E-state index contributed by atoms with van der Waals surface area (Å²) in [7, 11) is 1.60. The highest BCUT2D eigenvalue weighted by Gasteiger charge is 2.25. The van der Waals surface area contributed by atoms with Gasteiger partial charge in [0.15, 0.2) is 5.82 Å². The summed E-state index contributed by atoms with van der Waals surface area (Å²) in [5.41, 5.74) is 2.25. The molecule has 2 heterocycles. The molecule has 21 heavy (non-hydrogen) atoms. The number of hydrogen-bond donors (Lipinski definition) is 0. The lowest BCUT2D eigenvalue weighted by atomic mass is 9.98. The Morgan fingerprint density at radius 3 is 3.10 bits per heavy atom. The van der Waals surface area contributed by atoms with Crippen LogP contribution in [0.4, 0.5) is 4.39 Å². The molecule has 0 radical (unpaired) electrons. The van der Waals surface area contributed by atoms with Gasteiger partial charge in [-0.05, 0) is 36.6 Å². The van der Waals surface area contributed by atoms with Crippen molar-refractivity contribution in [1.82, 2.24) is 15.0 Å². The molecule has 0 amide bonds. The first-order valence-electron chi connectivity index (χ1n) is 7.00. The maximum atomic E-state index is 13.2. The minimum atomic E-state index is -0.170. The molecule has 0 saturated carbocycles. The van der Waals surface area contributed by atoms with E-state index in [2.05, 4.69) is 15.0 Å². The minimum absolute atomic E-state index is 0.0290. The van der Waals surface area contributed by atoms with Crippen molar-refractivity contribution in [3.8, 4) is 0 Å². The highest BCUT2D eigenvalue weighted by atomic mass is 19.1. The standard InChI is InChI=1S/C15H18FN3O2/c1-10(15-17-14(9-20-2)18-21-15)19-6-5-11-7-13(16)4-3-12(11)8-19/h3-4,7,10H,5-6,8-9H2,1-2H3/t10-/m0/s1. The molecule has 2 aromatic rings. The fourth-order valence-corrected chi connectivity index (χ4v) is 2.66. The van der Waals surface area contributed by atoms with Crippen LogP contribution in [0.2, 0.25) is 0 Å². The van der Waals surface area contributed by atoms with Crippen molar-refractivity contribution < 1.29 is 13.7 Å². The van der Waals surface area contributed by atoms with Crippen LogP contribution in [0.1, 0.15) is 35.8 Å². The van der Waals surface area contributed by atoms with E-state index in [1.807, 2.05) is 13.0 Å². The molecule has 1 atom stereocenters. The molecular weight excluding hydrogens is 273 g/mol. The summed E-state index contributed by atoms with van der Waals surface area (Å²) in [6.07, 6.45) is 0.830. The molecule has 3 rings (SSSR count). The van der Waals surface area contributed by atoms with Crippen molar-refractivity contribution in [2.24, 2.45) is 0 Å². The molecule has 0 spiro atoms. The number of rotatable bonds is 4. The summed E-state index contributed by atoms with van der Waals surface area (Å²) >= 11 is 0. The summed E-state index contributed by atoms with van der Waals surface area (Å²) in [4.78, 5) is 6.60. The fourth-order valence-electron chi connectivity index (χ4n) is 2.66. The SMILES string of the molecule is COCc1noc([C@H](C)N2CCc3cc(F)ccc3C2)n1. The molecule has 0 fully saturated rings. The van der Waals surface area contributed by atoms with E-state index < -0.39 is 0 Å². The van der Waals surface area contributed by atoms with Crippen LogP contribution in [-0.4, -0.2) is 28.7 Å². The first-order chi connectivity index (χ1) is 10.2. The number of hydrogen-bond acceptors (Lipinski definition) is 5. The minimum Gasteiger partial charge on any atom is -0.377 e. The Labute approximate surface area is 122 Å². The number of ether oxygens (including phenoxy) is 1. The van der Waals surface area contributed by atoms with Crippen LogP contribution >= 0.6 is 0 Å². The Bertz CT molecular complexity index is 629. The number of fused-ring (bicyclic) bond motifs is 1. The van der Waals surface area contributed by atoms with Gasteiger partial charge in [0, 0.05) is 20.2 Å². The van der Waals surface area contributed by atoms with Crippen molar-refractivity contribution in [3.05, 3.63) is 46.9 Å². The normalized spacial score (nSPS) is 16.7. The molecule has 0 saturated heterocycles. The van der Waals surface area contributed by atoms with Gasteiger partial charge in [-0.3, -0.25) is 4.90 Å². The lowest BCUT2D eigenvalue weighted by molar-refractivity contribution is 0.156. The van der Waals surface area contributed by atoms with E-state index in [9.17, 15) is 4.39 Å². The van der Waals surface area contributed by atoms with Gasteiger partial charge < -0.3 is 9.26 Å². The monoisotopic (exact) mass is 291 g/mol. The molecule has 1 aliphatic rings. The van der Waals surface area contributed by atoms with Crippen LogP contribution in [0.25, 0.3) is 0 Å². The maximum absolute atomic E-state index is 13.2. The van der Waals surface area contributed by atoms with Crippen LogP contribution in [0.5, 0.6) is 0 Å². The van der Waals surface area contributed by atoms with Crippen LogP contribution in [0.15, 0.2) is 22.7 Å². The molecule has 1 aliphatic heterocycles. The predicted molar refractivity (Wildman–Crippen MR) is 73.9 cm³/mol. The van der Waals surface area contributed by atoms with E-state index in [4.69, 9.17) is 9.26 Å². The molecule has 112 valence electrons. The second kappa shape index (κ2) is 5.91. The molecule has 6 heteroatoms. The molecule has 0 aliphatic carbocycles. The molecule has 5 nitrogen and oxygen atoms in total. The maximum Gasteiger partial charge on any atom is 0.243 e. The van der Waals surface area contributed by atoms with Crippen LogP contribution in [-0.2, 0) is 24.3 Å². The van der Waals surface area contributed by atoms with Gasteiger partial charge in [-0.25, -0.2) is 4.39 Å². The van der Waals surface area contributed by atoms with Gasteiger partial charge in [-0.15, -0.1) is 0 Å². The molecular formula is C15H18FN3O2. The average molecular weight is 291 g/mol. The zero-order chi connectivity index (χ0) is 14.8. The predicted octanol–water partition coefficient (Wildman–Crippen LogP) is 2.47. The third-order valence-electron chi connectivity index (χ3n) is 3.87. The topological polar surface area (TPSA) is 51.4 Å². The summed E-state index contributed by atoms with van der Waals surface area (Å²) in [6, 6.07) is 5.02. The molecule has 0 N–H and O–H groups in total. The van der Waals surface area contributed by atoms with Crippen molar-refractivity contribution in [3.63, 3.8) is 0 Å². The zero-order valence-electron chi connectivity index (χ0n) is 12.2. The van der Waals surface area contributed by atoms with Gasteiger partial charge in [-0.1, -0.05) is 11.2 Å². The number of aromatic nitrogens is 2. The Hall–Kier alpha value is -1.79. The van der Waals surface area contributed by atoms with Gasteiger partial charge >= 0.3 is 0 Å². The van der Waals surface area contributed by atoms with E-state index in [1.165, 1.54) is 6.07 Å². The fraction of sp³-hybridized carbons (Fsp3) is 0.467. The van der Waals surface area contributed by atoms with Gasteiger partial charge in [0.25, 0.3) is 0 Å². The van der Waals surface area contributed by atoms with E-state index in [0.717, 1.165) is 30.6 Å². The van der Waals surface area contributed by atoms with Crippen molar-refractivity contribution >= 4 is 0 Å². The third kappa shape index (κ3) is 2.96. The van der Waals surface area contributed by atoms with Gasteiger partial charge in [0.1, 0.15) is 12.4 Å². The van der Waals surface area contributed by atoms with Crippen molar-refractivity contribution in [1.29, 1.82) is 0 Å². The van der Waals surface area contributed by atoms with Gasteiger partial charge in [-0.2, -0.15) is 4.98 Å². The highest BCUT2D eigenvalue weighted by molar-refractivity contribution is 5.30. The average Bonchev–Trinajstić information content (AvgIpc) is 2.95. The second-order valence-corrected chi connectivity index (χ2v) is 5.29. The number of methoxy groups -OCH3 is 1. The number of nitrogens with zero attached hydrogens (tertiary/aromatic N) is 3.